The van der Waals surface area contributed by atoms with Crippen LogP contribution in [0.25, 0.3) is 11.2 Å². The van der Waals surface area contributed by atoms with Crippen LogP contribution in [0, 0.1) is 0 Å². The highest BCUT2D eigenvalue weighted by atomic mass is 16.2. The van der Waals surface area contributed by atoms with E-state index < -0.39 is 11.2 Å². The molecule has 0 aliphatic rings. The van der Waals surface area contributed by atoms with Gasteiger partial charge in [0.15, 0.2) is 5.52 Å². The third kappa shape index (κ3) is 3.05. The number of hydrogen-bond donors (Lipinski definition) is 1. The van der Waals surface area contributed by atoms with Gasteiger partial charge < -0.3 is 9.88 Å². The maximum atomic E-state index is 12.5. The lowest BCUT2D eigenvalue weighted by Crippen LogP contribution is -2.38. The molecule has 2 heterocycles. The van der Waals surface area contributed by atoms with E-state index in [9.17, 15) is 14.4 Å². The molecule has 1 aromatic carbocycles. The third-order valence-corrected chi connectivity index (χ3v) is 4.47. The first-order valence-electron chi connectivity index (χ1n) is 8.39. The summed E-state index contributed by atoms with van der Waals surface area (Å²) in [5.41, 5.74) is 0.594. The first-order chi connectivity index (χ1) is 12.4. The number of aromatic nitrogens is 4. The summed E-state index contributed by atoms with van der Waals surface area (Å²) < 4.78 is 3.85. The molecule has 0 unspecified atom stereocenters. The average Bonchev–Trinajstić information content (AvgIpc) is 3.07. The summed E-state index contributed by atoms with van der Waals surface area (Å²) in [6, 6.07) is 9.62. The van der Waals surface area contributed by atoms with E-state index >= 15 is 0 Å². The molecule has 1 N–H and O–H groups in total. The molecule has 2 aromatic heterocycles. The first kappa shape index (κ1) is 17.7. The SMILES string of the molecule is CC[C@H](NC(=O)Cn1cnc2c(=O)n(C)c(=O)n(C)c21)c1ccccc1. The molecule has 1 amide bonds. The van der Waals surface area contributed by atoms with Crippen molar-refractivity contribution in [1.29, 1.82) is 0 Å². The fourth-order valence-electron chi connectivity index (χ4n) is 3.06. The van der Waals surface area contributed by atoms with Crippen molar-refractivity contribution < 1.29 is 4.79 Å². The van der Waals surface area contributed by atoms with Crippen LogP contribution in [-0.2, 0) is 25.4 Å². The second-order valence-corrected chi connectivity index (χ2v) is 6.19. The summed E-state index contributed by atoms with van der Waals surface area (Å²) in [7, 11) is 2.96. The molecule has 8 heteroatoms. The van der Waals surface area contributed by atoms with Gasteiger partial charge in [0.2, 0.25) is 5.91 Å². The van der Waals surface area contributed by atoms with Crippen molar-refractivity contribution in [2.75, 3.05) is 0 Å². The van der Waals surface area contributed by atoms with Crippen molar-refractivity contribution in [2.24, 2.45) is 14.1 Å². The van der Waals surface area contributed by atoms with Gasteiger partial charge in [0.25, 0.3) is 5.56 Å². The van der Waals surface area contributed by atoms with Crippen molar-refractivity contribution in [3.8, 4) is 0 Å². The van der Waals surface area contributed by atoms with E-state index in [4.69, 9.17) is 0 Å². The lowest BCUT2D eigenvalue weighted by Gasteiger charge is -2.18. The number of carbonyl (C=O) groups excluding carboxylic acids is 1. The van der Waals surface area contributed by atoms with E-state index in [2.05, 4.69) is 10.3 Å². The summed E-state index contributed by atoms with van der Waals surface area (Å²) in [6.45, 7) is 1.97. The molecule has 136 valence electrons. The second kappa shape index (κ2) is 6.99. The number of benzene rings is 1. The summed E-state index contributed by atoms with van der Waals surface area (Å²) >= 11 is 0. The van der Waals surface area contributed by atoms with Crippen molar-refractivity contribution in [3.63, 3.8) is 0 Å². The Labute approximate surface area is 149 Å². The van der Waals surface area contributed by atoms with E-state index in [1.807, 2.05) is 37.3 Å². The van der Waals surface area contributed by atoms with Crippen LogP contribution in [0.1, 0.15) is 24.9 Å². The first-order valence-corrected chi connectivity index (χ1v) is 8.39. The van der Waals surface area contributed by atoms with Crippen molar-refractivity contribution in [1.82, 2.24) is 24.0 Å². The van der Waals surface area contributed by atoms with Crippen LogP contribution in [0.5, 0.6) is 0 Å². The van der Waals surface area contributed by atoms with E-state index in [0.717, 1.165) is 16.6 Å². The molecule has 0 bridgehead atoms. The standard InChI is InChI=1S/C18H21N5O3/c1-4-13(12-8-6-5-7-9-12)20-14(24)10-23-11-19-15-16(23)21(2)18(26)22(3)17(15)25/h5-9,11,13H,4,10H2,1-3H3,(H,20,24)/t13-/m0/s1. The average molecular weight is 355 g/mol. The number of aryl methyl sites for hydroxylation is 1. The number of fused-ring (bicyclic) bond motifs is 1. The molecule has 3 aromatic rings. The Balaban J connectivity index is 1.89. The van der Waals surface area contributed by atoms with Crippen molar-refractivity contribution in [3.05, 3.63) is 63.1 Å². The van der Waals surface area contributed by atoms with Gasteiger partial charge in [0.1, 0.15) is 12.2 Å². The number of imidazole rings is 1. The second-order valence-electron chi connectivity index (χ2n) is 6.19. The minimum absolute atomic E-state index is 0.0275. The summed E-state index contributed by atoms with van der Waals surface area (Å²) in [6.07, 6.45) is 2.16. The van der Waals surface area contributed by atoms with Gasteiger partial charge in [-0.05, 0) is 12.0 Å². The molecule has 0 saturated heterocycles. The maximum absolute atomic E-state index is 12.5. The Morgan fingerprint density at radius 3 is 2.50 bits per heavy atom. The van der Waals surface area contributed by atoms with Gasteiger partial charge in [0, 0.05) is 14.1 Å². The Kier molecular flexibility index (Phi) is 4.75. The molecule has 0 fully saturated rings. The largest absolute Gasteiger partial charge is 0.348 e. The molecule has 26 heavy (non-hydrogen) atoms. The molecule has 1 atom stereocenters. The quantitative estimate of drug-likeness (QED) is 0.729. The lowest BCUT2D eigenvalue weighted by atomic mass is 10.0. The molecule has 0 saturated carbocycles. The monoisotopic (exact) mass is 355 g/mol. The zero-order valence-electron chi connectivity index (χ0n) is 15.0. The van der Waals surface area contributed by atoms with Crippen LogP contribution in [0.4, 0.5) is 0 Å². The van der Waals surface area contributed by atoms with Gasteiger partial charge in [-0.2, -0.15) is 0 Å². The highest BCUT2D eigenvalue weighted by molar-refractivity contribution is 5.79. The Bertz CT molecular complexity index is 1060. The number of amides is 1. The summed E-state index contributed by atoms with van der Waals surface area (Å²) in [5.74, 6) is -0.215. The van der Waals surface area contributed by atoms with Gasteiger partial charge in [-0.1, -0.05) is 37.3 Å². The van der Waals surface area contributed by atoms with Crippen LogP contribution in [0.2, 0.25) is 0 Å². The number of nitrogens with zero attached hydrogens (tertiary/aromatic N) is 4. The van der Waals surface area contributed by atoms with Crippen LogP contribution < -0.4 is 16.6 Å². The number of rotatable bonds is 5. The van der Waals surface area contributed by atoms with Gasteiger partial charge in [0.05, 0.1) is 12.4 Å². The number of hydrogen-bond acceptors (Lipinski definition) is 4. The Morgan fingerprint density at radius 1 is 1.15 bits per heavy atom. The van der Waals surface area contributed by atoms with Crippen LogP contribution >= 0.6 is 0 Å². The summed E-state index contributed by atoms with van der Waals surface area (Å²) in [5, 5.41) is 2.99. The predicted molar refractivity (Wildman–Crippen MR) is 97.8 cm³/mol. The highest BCUT2D eigenvalue weighted by Crippen LogP contribution is 2.16. The highest BCUT2D eigenvalue weighted by Gasteiger charge is 2.17. The normalized spacial score (nSPS) is 12.3. The third-order valence-electron chi connectivity index (χ3n) is 4.47. The predicted octanol–water partition coefficient (Wildman–Crippen LogP) is 0.701. The molecule has 8 nitrogen and oxygen atoms in total. The van der Waals surface area contributed by atoms with E-state index in [1.165, 1.54) is 22.5 Å². The zero-order chi connectivity index (χ0) is 18.8. The molecule has 0 aliphatic heterocycles. The summed E-state index contributed by atoms with van der Waals surface area (Å²) in [4.78, 5) is 40.9. The molecule has 0 radical (unpaired) electrons. The molecule has 0 aliphatic carbocycles. The van der Waals surface area contributed by atoms with E-state index in [-0.39, 0.29) is 24.0 Å². The minimum atomic E-state index is -0.474. The van der Waals surface area contributed by atoms with E-state index in [0.29, 0.717) is 5.65 Å². The van der Waals surface area contributed by atoms with Crippen LogP contribution in [-0.4, -0.2) is 24.6 Å². The molecule has 3 rings (SSSR count). The molecular weight excluding hydrogens is 334 g/mol. The number of nitrogens with one attached hydrogen (secondary N) is 1. The van der Waals surface area contributed by atoms with E-state index in [1.54, 1.807) is 7.05 Å². The minimum Gasteiger partial charge on any atom is -0.348 e. The lowest BCUT2D eigenvalue weighted by molar-refractivity contribution is -0.122. The Hall–Kier alpha value is -3.16. The zero-order valence-corrected chi connectivity index (χ0v) is 15.0. The number of carbonyl (C=O) groups is 1. The fourth-order valence-corrected chi connectivity index (χ4v) is 3.06. The van der Waals surface area contributed by atoms with Crippen molar-refractivity contribution in [2.45, 2.75) is 25.9 Å². The fraction of sp³-hybridized carbons (Fsp3) is 0.333. The smallest absolute Gasteiger partial charge is 0.332 e. The van der Waals surface area contributed by atoms with Gasteiger partial charge >= 0.3 is 5.69 Å². The van der Waals surface area contributed by atoms with Crippen molar-refractivity contribution >= 4 is 17.1 Å². The molecular formula is C18H21N5O3. The van der Waals surface area contributed by atoms with Gasteiger partial charge in [-0.15, -0.1) is 0 Å². The van der Waals surface area contributed by atoms with Crippen LogP contribution in [0.15, 0.2) is 46.2 Å². The molecule has 0 spiro atoms. The Morgan fingerprint density at radius 2 is 1.85 bits per heavy atom. The van der Waals surface area contributed by atoms with Crippen LogP contribution in [0.3, 0.4) is 0 Å². The topological polar surface area (TPSA) is 90.9 Å². The van der Waals surface area contributed by atoms with Gasteiger partial charge in [-0.3, -0.25) is 18.7 Å². The maximum Gasteiger partial charge on any atom is 0.332 e. The van der Waals surface area contributed by atoms with Gasteiger partial charge in [-0.25, -0.2) is 9.78 Å².